The number of hydrogen-bond donors (Lipinski definition) is 1. The molecule has 0 aromatic carbocycles. The minimum absolute atomic E-state index is 0.856. The van der Waals surface area contributed by atoms with E-state index in [0.29, 0.717) is 0 Å². The molecule has 80 valence electrons. The van der Waals surface area contributed by atoms with Crippen LogP contribution in [0.4, 0.5) is 0 Å². The third-order valence-electron chi connectivity index (χ3n) is 4.82. The molecular formula is C13H23N. The molecule has 3 rings (SSSR count). The highest BCUT2D eigenvalue weighted by Gasteiger charge is 2.60. The summed E-state index contributed by atoms with van der Waals surface area (Å²) in [7, 11) is 0. The molecule has 0 amide bonds. The summed E-state index contributed by atoms with van der Waals surface area (Å²) in [4.78, 5) is 0. The largest absolute Gasteiger partial charge is 0.314 e. The van der Waals surface area contributed by atoms with Crippen LogP contribution in [0.1, 0.15) is 39.5 Å². The second kappa shape index (κ2) is 3.23. The topological polar surface area (TPSA) is 12.0 Å². The van der Waals surface area contributed by atoms with Crippen LogP contribution < -0.4 is 5.32 Å². The molecule has 5 atom stereocenters. The highest BCUT2D eigenvalue weighted by atomic mass is 14.9. The first-order valence-electron chi connectivity index (χ1n) is 6.49. The zero-order valence-electron chi connectivity index (χ0n) is 9.50. The molecule has 0 radical (unpaired) electrons. The van der Waals surface area contributed by atoms with Crippen LogP contribution in [0, 0.1) is 29.6 Å². The summed E-state index contributed by atoms with van der Waals surface area (Å²) in [5.74, 6) is 5.40. The summed E-state index contributed by atoms with van der Waals surface area (Å²) >= 11 is 0. The van der Waals surface area contributed by atoms with E-state index in [4.69, 9.17) is 0 Å². The van der Waals surface area contributed by atoms with E-state index in [1.54, 1.807) is 12.8 Å². The van der Waals surface area contributed by atoms with Gasteiger partial charge in [0.25, 0.3) is 0 Å². The van der Waals surface area contributed by atoms with Crippen LogP contribution in [0.3, 0.4) is 0 Å². The summed E-state index contributed by atoms with van der Waals surface area (Å²) in [5, 5.41) is 3.80. The van der Waals surface area contributed by atoms with Gasteiger partial charge in [-0.05, 0) is 61.8 Å². The SMILES string of the molecule is CC(C)CCNC1CC2CC1C1CC21. The van der Waals surface area contributed by atoms with Crippen LogP contribution in [-0.2, 0) is 0 Å². The third kappa shape index (κ3) is 1.41. The van der Waals surface area contributed by atoms with Gasteiger partial charge < -0.3 is 5.32 Å². The molecule has 0 heterocycles. The molecule has 5 unspecified atom stereocenters. The Kier molecular flexibility index (Phi) is 2.12. The van der Waals surface area contributed by atoms with E-state index in [1.807, 2.05) is 0 Å². The van der Waals surface area contributed by atoms with Crippen molar-refractivity contribution in [3.8, 4) is 0 Å². The van der Waals surface area contributed by atoms with Gasteiger partial charge in [-0.3, -0.25) is 0 Å². The summed E-state index contributed by atoms with van der Waals surface area (Å²) in [6.07, 6.45) is 6.00. The Morgan fingerprint density at radius 3 is 2.57 bits per heavy atom. The molecular weight excluding hydrogens is 170 g/mol. The molecule has 0 aromatic rings. The number of nitrogens with one attached hydrogen (secondary N) is 1. The van der Waals surface area contributed by atoms with Crippen molar-refractivity contribution < 1.29 is 0 Å². The smallest absolute Gasteiger partial charge is 0.0101 e. The highest BCUT2D eigenvalue weighted by molar-refractivity contribution is 5.11. The fourth-order valence-corrected chi connectivity index (χ4v) is 4.00. The number of fused-ring (bicyclic) bond motifs is 5. The predicted octanol–water partition coefficient (Wildman–Crippen LogP) is 2.67. The van der Waals surface area contributed by atoms with Crippen LogP contribution in [0.15, 0.2) is 0 Å². The molecule has 0 spiro atoms. The van der Waals surface area contributed by atoms with Gasteiger partial charge in [-0.2, -0.15) is 0 Å². The van der Waals surface area contributed by atoms with Crippen molar-refractivity contribution in [3.63, 3.8) is 0 Å². The summed E-state index contributed by atoms with van der Waals surface area (Å²) < 4.78 is 0. The van der Waals surface area contributed by atoms with Crippen molar-refractivity contribution >= 4 is 0 Å². The lowest BCUT2D eigenvalue weighted by Crippen LogP contribution is -2.35. The summed E-state index contributed by atoms with van der Waals surface area (Å²) in [6, 6.07) is 0.905. The minimum atomic E-state index is 0.856. The van der Waals surface area contributed by atoms with E-state index in [-0.39, 0.29) is 0 Å². The van der Waals surface area contributed by atoms with Gasteiger partial charge in [0.15, 0.2) is 0 Å². The molecule has 1 heteroatoms. The Labute approximate surface area is 87.7 Å². The molecule has 2 bridgehead atoms. The standard InChI is InChI=1S/C13H23N/c1-8(2)3-4-14-13-6-9-5-12(13)11-7-10(9)11/h8-14H,3-7H2,1-2H3. The van der Waals surface area contributed by atoms with Gasteiger partial charge in [0.2, 0.25) is 0 Å². The van der Waals surface area contributed by atoms with E-state index in [2.05, 4.69) is 19.2 Å². The van der Waals surface area contributed by atoms with Crippen molar-refractivity contribution in [1.29, 1.82) is 0 Å². The zero-order valence-corrected chi connectivity index (χ0v) is 9.50. The fourth-order valence-electron chi connectivity index (χ4n) is 4.00. The molecule has 3 aliphatic rings. The molecule has 3 fully saturated rings. The van der Waals surface area contributed by atoms with Crippen molar-refractivity contribution in [2.75, 3.05) is 6.54 Å². The molecule has 1 nitrogen and oxygen atoms in total. The van der Waals surface area contributed by atoms with Gasteiger partial charge >= 0.3 is 0 Å². The zero-order chi connectivity index (χ0) is 9.71. The lowest BCUT2D eigenvalue weighted by molar-refractivity contribution is 0.329. The van der Waals surface area contributed by atoms with Crippen LogP contribution in [0.5, 0.6) is 0 Å². The lowest BCUT2D eigenvalue weighted by Gasteiger charge is -2.23. The van der Waals surface area contributed by atoms with E-state index < -0.39 is 0 Å². The second-order valence-electron chi connectivity index (χ2n) is 6.20. The number of rotatable bonds is 4. The normalized spacial score (nSPS) is 48.6. The van der Waals surface area contributed by atoms with E-state index >= 15 is 0 Å². The molecule has 0 saturated heterocycles. The van der Waals surface area contributed by atoms with Crippen molar-refractivity contribution in [3.05, 3.63) is 0 Å². The van der Waals surface area contributed by atoms with Crippen LogP contribution in [0.25, 0.3) is 0 Å². The maximum absolute atomic E-state index is 3.80. The van der Waals surface area contributed by atoms with Crippen LogP contribution >= 0.6 is 0 Å². The highest BCUT2D eigenvalue weighted by Crippen LogP contribution is 2.65. The average molecular weight is 193 g/mol. The van der Waals surface area contributed by atoms with Gasteiger partial charge in [-0.25, -0.2) is 0 Å². The summed E-state index contributed by atoms with van der Waals surface area (Å²) in [5.41, 5.74) is 0. The predicted molar refractivity (Wildman–Crippen MR) is 59.1 cm³/mol. The van der Waals surface area contributed by atoms with Crippen molar-refractivity contribution in [1.82, 2.24) is 5.32 Å². The van der Waals surface area contributed by atoms with Gasteiger partial charge in [-0.1, -0.05) is 13.8 Å². The average Bonchev–Trinajstić information content (AvgIpc) is 2.75. The monoisotopic (exact) mass is 193 g/mol. The Morgan fingerprint density at radius 1 is 1.07 bits per heavy atom. The van der Waals surface area contributed by atoms with Gasteiger partial charge in [-0.15, -0.1) is 0 Å². The molecule has 1 N–H and O–H groups in total. The molecule has 3 aliphatic carbocycles. The quantitative estimate of drug-likeness (QED) is 0.724. The first-order chi connectivity index (χ1) is 6.75. The minimum Gasteiger partial charge on any atom is -0.314 e. The molecule has 0 aliphatic heterocycles. The first kappa shape index (κ1) is 9.21. The number of hydrogen-bond acceptors (Lipinski definition) is 1. The lowest BCUT2D eigenvalue weighted by atomic mass is 9.95. The Hall–Kier alpha value is -0.0400. The molecule has 0 aromatic heterocycles. The summed E-state index contributed by atoms with van der Waals surface area (Å²) in [6.45, 7) is 5.89. The van der Waals surface area contributed by atoms with E-state index in [9.17, 15) is 0 Å². The van der Waals surface area contributed by atoms with Gasteiger partial charge in [0.05, 0.1) is 0 Å². The van der Waals surface area contributed by atoms with Crippen LogP contribution in [-0.4, -0.2) is 12.6 Å². The maximum atomic E-state index is 3.80. The third-order valence-corrected chi connectivity index (χ3v) is 4.82. The van der Waals surface area contributed by atoms with Crippen molar-refractivity contribution in [2.45, 2.75) is 45.6 Å². The fraction of sp³-hybridized carbons (Fsp3) is 1.00. The van der Waals surface area contributed by atoms with E-state index in [0.717, 1.165) is 29.7 Å². The first-order valence-corrected chi connectivity index (χ1v) is 6.49. The Morgan fingerprint density at radius 2 is 1.93 bits per heavy atom. The van der Waals surface area contributed by atoms with Gasteiger partial charge in [0, 0.05) is 6.04 Å². The maximum Gasteiger partial charge on any atom is 0.0101 e. The Bertz CT molecular complexity index is 223. The van der Waals surface area contributed by atoms with Gasteiger partial charge in [0.1, 0.15) is 0 Å². The second-order valence-corrected chi connectivity index (χ2v) is 6.20. The van der Waals surface area contributed by atoms with E-state index in [1.165, 1.54) is 25.3 Å². The Balaban J connectivity index is 1.47. The molecule has 3 saturated carbocycles. The molecule has 14 heavy (non-hydrogen) atoms. The van der Waals surface area contributed by atoms with Crippen LogP contribution in [0.2, 0.25) is 0 Å². The van der Waals surface area contributed by atoms with Crippen molar-refractivity contribution in [2.24, 2.45) is 29.6 Å².